The van der Waals surface area contributed by atoms with Crippen molar-refractivity contribution in [1.29, 1.82) is 0 Å². The SMILES string of the molecule is CCC(C)NC(=O)N1CC(n2cc(C(=O)N(C)CCOC)nn2)C1. The average molecular weight is 338 g/mol. The fourth-order valence-electron chi connectivity index (χ4n) is 2.27. The van der Waals surface area contributed by atoms with Gasteiger partial charge in [0.2, 0.25) is 0 Å². The molecule has 134 valence electrons. The van der Waals surface area contributed by atoms with Crippen LogP contribution in [0.5, 0.6) is 0 Å². The van der Waals surface area contributed by atoms with E-state index < -0.39 is 0 Å². The molecule has 3 amide bonds. The van der Waals surface area contributed by atoms with Crippen LogP contribution in [-0.4, -0.2) is 83.2 Å². The number of nitrogens with zero attached hydrogens (tertiary/aromatic N) is 5. The van der Waals surface area contributed by atoms with E-state index in [0.717, 1.165) is 6.42 Å². The second-order valence-electron chi connectivity index (χ2n) is 6.12. The van der Waals surface area contributed by atoms with E-state index in [2.05, 4.69) is 15.6 Å². The van der Waals surface area contributed by atoms with E-state index in [9.17, 15) is 9.59 Å². The number of methoxy groups -OCH3 is 1. The molecule has 9 nitrogen and oxygen atoms in total. The molecule has 24 heavy (non-hydrogen) atoms. The highest BCUT2D eigenvalue weighted by Crippen LogP contribution is 2.20. The molecule has 1 aromatic heterocycles. The number of hydrogen-bond donors (Lipinski definition) is 1. The molecule has 0 aromatic carbocycles. The number of carbonyl (C=O) groups excluding carboxylic acids is 2. The van der Waals surface area contributed by atoms with Crippen molar-refractivity contribution >= 4 is 11.9 Å². The van der Waals surface area contributed by atoms with Crippen LogP contribution in [-0.2, 0) is 4.74 Å². The zero-order valence-corrected chi connectivity index (χ0v) is 14.7. The molecule has 0 aliphatic carbocycles. The topological polar surface area (TPSA) is 92.6 Å². The van der Waals surface area contributed by atoms with Crippen molar-refractivity contribution in [1.82, 2.24) is 30.1 Å². The van der Waals surface area contributed by atoms with Crippen LogP contribution in [0.4, 0.5) is 4.79 Å². The van der Waals surface area contributed by atoms with Crippen molar-refractivity contribution < 1.29 is 14.3 Å². The fraction of sp³-hybridized carbons (Fsp3) is 0.733. The molecule has 1 aliphatic rings. The van der Waals surface area contributed by atoms with Crippen LogP contribution < -0.4 is 5.32 Å². The molecule has 1 aliphatic heterocycles. The average Bonchev–Trinajstić information content (AvgIpc) is 2.99. The van der Waals surface area contributed by atoms with Crippen molar-refractivity contribution in [2.75, 3.05) is 40.4 Å². The van der Waals surface area contributed by atoms with Gasteiger partial charge in [0.05, 0.1) is 18.8 Å². The lowest BCUT2D eigenvalue weighted by Gasteiger charge is -2.39. The Kier molecular flexibility index (Phi) is 6.13. The van der Waals surface area contributed by atoms with E-state index in [-0.39, 0.29) is 24.0 Å². The van der Waals surface area contributed by atoms with Crippen LogP contribution in [0.1, 0.15) is 36.8 Å². The van der Waals surface area contributed by atoms with Gasteiger partial charge in [-0.1, -0.05) is 12.1 Å². The van der Waals surface area contributed by atoms with Gasteiger partial charge in [0.15, 0.2) is 5.69 Å². The van der Waals surface area contributed by atoms with Gasteiger partial charge in [-0.2, -0.15) is 0 Å². The Morgan fingerprint density at radius 3 is 2.83 bits per heavy atom. The molecule has 0 saturated carbocycles. The Hall–Kier alpha value is -2.16. The normalized spacial score (nSPS) is 15.8. The first-order valence-electron chi connectivity index (χ1n) is 8.17. The largest absolute Gasteiger partial charge is 0.383 e. The minimum atomic E-state index is -0.191. The Morgan fingerprint density at radius 1 is 1.50 bits per heavy atom. The number of carbonyl (C=O) groups is 2. The highest BCUT2D eigenvalue weighted by atomic mass is 16.5. The first-order valence-corrected chi connectivity index (χ1v) is 8.17. The summed E-state index contributed by atoms with van der Waals surface area (Å²) in [6, 6.07) is 0.164. The van der Waals surface area contributed by atoms with Gasteiger partial charge < -0.3 is 19.9 Å². The predicted octanol–water partition coefficient (Wildman–Crippen LogP) is 0.361. The Morgan fingerprint density at radius 2 is 2.21 bits per heavy atom. The van der Waals surface area contributed by atoms with E-state index >= 15 is 0 Å². The second kappa shape index (κ2) is 8.09. The summed E-state index contributed by atoms with van der Waals surface area (Å²) in [4.78, 5) is 27.4. The minimum Gasteiger partial charge on any atom is -0.383 e. The third-order valence-electron chi connectivity index (χ3n) is 4.21. The molecule has 0 spiro atoms. The molecular formula is C15H26N6O3. The standard InChI is InChI=1S/C15H26N6O3/c1-5-11(2)16-15(23)20-8-12(9-20)21-10-13(17-18-21)14(22)19(3)6-7-24-4/h10-12H,5-9H2,1-4H3,(H,16,23). The van der Waals surface area contributed by atoms with Crippen LogP contribution in [0.25, 0.3) is 0 Å². The molecule has 1 unspecified atom stereocenters. The van der Waals surface area contributed by atoms with Gasteiger partial charge in [0.25, 0.3) is 5.91 Å². The molecule has 1 N–H and O–H groups in total. The van der Waals surface area contributed by atoms with E-state index in [1.165, 1.54) is 0 Å². The van der Waals surface area contributed by atoms with Crippen molar-refractivity contribution in [3.8, 4) is 0 Å². The van der Waals surface area contributed by atoms with Gasteiger partial charge in [-0.25, -0.2) is 9.48 Å². The van der Waals surface area contributed by atoms with Crippen molar-refractivity contribution in [3.05, 3.63) is 11.9 Å². The summed E-state index contributed by atoms with van der Waals surface area (Å²) in [5.74, 6) is -0.191. The first-order chi connectivity index (χ1) is 11.5. The summed E-state index contributed by atoms with van der Waals surface area (Å²) in [5.41, 5.74) is 0.302. The van der Waals surface area contributed by atoms with Crippen LogP contribution in [0.3, 0.4) is 0 Å². The van der Waals surface area contributed by atoms with Gasteiger partial charge in [-0.3, -0.25) is 4.79 Å². The zero-order valence-electron chi connectivity index (χ0n) is 14.7. The van der Waals surface area contributed by atoms with E-state index in [0.29, 0.717) is 31.9 Å². The summed E-state index contributed by atoms with van der Waals surface area (Å²) >= 11 is 0. The number of likely N-dealkylation sites (tertiary alicyclic amines) is 1. The van der Waals surface area contributed by atoms with Gasteiger partial charge in [0.1, 0.15) is 0 Å². The molecule has 9 heteroatoms. The molecule has 1 aromatic rings. The maximum atomic E-state index is 12.2. The lowest BCUT2D eigenvalue weighted by Crippen LogP contribution is -2.55. The quantitative estimate of drug-likeness (QED) is 0.775. The van der Waals surface area contributed by atoms with Crippen molar-refractivity contribution in [2.24, 2.45) is 0 Å². The Balaban J connectivity index is 1.85. The van der Waals surface area contributed by atoms with Crippen molar-refractivity contribution in [3.63, 3.8) is 0 Å². The smallest absolute Gasteiger partial charge is 0.317 e. The van der Waals surface area contributed by atoms with E-state index in [1.54, 1.807) is 34.8 Å². The molecule has 1 fully saturated rings. The molecule has 0 bridgehead atoms. The van der Waals surface area contributed by atoms with E-state index in [4.69, 9.17) is 4.74 Å². The van der Waals surface area contributed by atoms with Crippen LogP contribution in [0.2, 0.25) is 0 Å². The second-order valence-corrected chi connectivity index (χ2v) is 6.12. The first kappa shape index (κ1) is 18.2. The molecule has 2 rings (SSSR count). The summed E-state index contributed by atoms with van der Waals surface area (Å²) < 4.78 is 6.62. The highest BCUT2D eigenvalue weighted by Gasteiger charge is 2.33. The number of urea groups is 1. The Labute approximate surface area is 141 Å². The maximum absolute atomic E-state index is 12.2. The van der Waals surface area contributed by atoms with Gasteiger partial charge in [-0.05, 0) is 13.3 Å². The molecular weight excluding hydrogens is 312 g/mol. The van der Waals surface area contributed by atoms with Gasteiger partial charge in [0, 0.05) is 39.8 Å². The maximum Gasteiger partial charge on any atom is 0.317 e. The van der Waals surface area contributed by atoms with Gasteiger partial charge in [-0.15, -0.1) is 5.10 Å². The highest BCUT2D eigenvalue weighted by molar-refractivity contribution is 5.91. The number of ether oxygens (including phenoxy) is 1. The number of likely N-dealkylation sites (N-methyl/N-ethyl adjacent to an activating group) is 1. The number of nitrogens with one attached hydrogen (secondary N) is 1. The summed E-state index contributed by atoms with van der Waals surface area (Å²) in [6.07, 6.45) is 2.54. The predicted molar refractivity (Wildman–Crippen MR) is 87.8 cm³/mol. The van der Waals surface area contributed by atoms with Crippen LogP contribution >= 0.6 is 0 Å². The summed E-state index contributed by atoms with van der Waals surface area (Å²) in [6.45, 7) is 6.11. The summed E-state index contributed by atoms with van der Waals surface area (Å²) in [7, 11) is 3.29. The van der Waals surface area contributed by atoms with E-state index in [1.807, 2.05) is 13.8 Å². The fourth-order valence-corrected chi connectivity index (χ4v) is 2.27. The molecule has 1 saturated heterocycles. The lowest BCUT2D eigenvalue weighted by molar-refractivity contribution is 0.0738. The molecule has 1 atom stereocenters. The molecule has 0 radical (unpaired) electrons. The summed E-state index contributed by atoms with van der Waals surface area (Å²) in [5, 5.41) is 10.9. The Bertz CT molecular complexity index is 569. The van der Waals surface area contributed by atoms with Crippen LogP contribution in [0.15, 0.2) is 6.20 Å². The van der Waals surface area contributed by atoms with Crippen LogP contribution in [0, 0.1) is 0 Å². The minimum absolute atomic E-state index is 0.0590. The molecule has 2 heterocycles. The zero-order chi connectivity index (χ0) is 17.7. The third-order valence-corrected chi connectivity index (χ3v) is 4.21. The monoisotopic (exact) mass is 338 g/mol. The third kappa shape index (κ3) is 4.22. The van der Waals surface area contributed by atoms with Gasteiger partial charge >= 0.3 is 6.03 Å². The van der Waals surface area contributed by atoms with Crippen molar-refractivity contribution in [2.45, 2.75) is 32.4 Å². The number of aromatic nitrogens is 3. The lowest BCUT2D eigenvalue weighted by atomic mass is 10.1. The number of rotatable bonds is 7. The number of amides is 3. The number of hydrogen-bond acceptors (Lipinski definition) is 5.